The fourth-order valence-electron chi connectivity index (χ4n) is 2.29. The minimum atomic E-state index is -0.710. The molecule has 18 heavy (non-hydrogen) atoms. The van der Waals surface area contributed by atoms with Crippen LogP contribution >= 0.6 is 0 Å². The Balaban J connectivity index is 2.61. The van der Waals surface area contributed by atoms with Crippen molar-refractivity contribution in [1.82, 2.24) is 10.2 Å². The monoisotopic (exact) mass is 254 g/mol. The molecular weight excluding hydrogens is 228 g/mol. The molecule has 0 aromatic rings. The first-order valence-corrected chi connectivity index (χ1v) is 7.14. The first-order chi connectivity index (χ1) is 8.53. The number of nitrogens with one attached hydrogen (secondary N) is 1. The summed E-state index contributed by atoms with van der Waals surface area (Å²) in [5.41, 5.74) is -0.710. The van der Waals surface area contributed by atoms with Crippen LogP contribution < -0.4 is 5.32 Å². The summed E-state index contributed by atoms with van der Waals surface area (Å²) >= 11 is 0. The predicted molar refractivity (Wildman–Crippen MR) is 72.2 cm³/mol. The van der Waals surface area contributed by atoms with Gasteiger partial charge in [0.15, 0.2) is 0 Å². The molecule has 0 aliphatic carbocycles. The van der Waals surface area contributed by atoms with Crippen LogP contribution in [0.1, 0.15) is 59.3 Å². The summed E-state index contributed by atoms with van der Waals surface area (Å²) in [6.07, 6.45) is 5.67. The Hall–Kier alpha value is -1.06. The third-order valence-corrected chi connectivity index (χ3v) is 3.77. The molecule has 1 fully saturated rings. The molecule has 1 N–H and O–H groups in total. The van der Waals surface area contributed by atoms with Crippen molar-refractivity contribution in [2.75, 3.05) is 13.1 Å². The molecule has 1 saturated heterocycles. The third-order valence-electron chi connectivity index (χ3n) is 3.77. The lowest BCUT2D eigenvalue weighted by atomic mass is 9.97. The quantitative estimate of drug-likeness (QED) is 0.738. The van der Waals surface area contributed by atoms with E-state index in [-0.39, 0.29) is 11.8 Å². The number of unbranched alkanes of at least 4 members (excludes halogenated alkanes) is 3. The zero-order valence-electron chi connectivity index (χ0n) is 11.9. The zero-order chi connectivity index (χ0) is 13.6. The van der Waals surface area contributed by atoms with Crippen LogP contribution in [-0.4, -0.2) is 35.3 Å². The Kier molecular flexibility index (Phi) is 5.63. The summed E-state index contributed by atoms with van der Waals surface area (Å²) in [5, 5.41) is 2.86. The fourth-order valence-corrected chi connectivity index (χ4v) is 2.29. The molecule has 0 spiro atoms. The van der Waals surface area contributed by atoms with E-state index in [4.69, 9.17) is 0 Å². The van der Waals surface area contributed by atoms with Gasteiger partial charge in [0.25, 0.3) is 0 Å². The Bertz CT molecular complexity index is 304. The van der Waals surface area contributed by atoms with Gasteiger partial charge < -0.3 is 10.2 Å². The Labute approximate surface area is 110 Å². The minimum absolute atomic E-state index is 0.0104. The minimum Gasteiger partial charge on any atom is -0.342 e. The molecule has 104 valence electrons. The smallest absolute Gasteiger partial charge is 0.248 e. The van der Waals surface area contributed by atoms with Gasteiger partial charge in [0.05, 0.1) is 0 Å². The van der Waals surface area contributed by atoms with Gasteiger partial charge in [-0.2, -0.15) is 0 Å². The highest BCUT2D eigenvalue weighted by molar-refractivity contribution is 5.93. The van der Waals surface area contributed by atoms with Crippen LogP contribution in [0.3, 0.4) is 0 Å². The highest BCUT2D eigenvalue weighted by Gasteiger charge is 2.38. The molecule has 0 radical (unpaired) electrons. The average Bonchev–Trinajstić information content (AvgIpc) is 2.46. The predicted octanol–water partition coefficient (Wildman–Crippen LogP) is 2.08. The van der Waals surface area contributed by atoms with Gasteiger partial charge in [-0.05, 0) is 19.8 Å². The Morgan fingerprint density at radius 1 is 1.22 bits per heavy atom. The van der Waals surface area contributed by atoms with Crippen molar-refractivity contribution in [3.63, 3.8) is 0 Å². The van der Waals surface area contributed by atoms with Crippen LogP contribution in [0.25, 0.3) is 0 Å². The maximum absolute atomic E-state index is 12.4. The number of rotatable bonds is 6. The summed E-state index contributed by atoms with van der Waals surface area (Å²) in [5.74, 6) is 0.0658. The molecule has 4 nitrogen and oxygen atoms in total. The fraction of sp³-hybridized carbons (Fsp3) is 0.857. The maximum atomic E-state index is 12.4. The first-order valence-electron chi connectivity index (χ1n) is 7.14. The van der Waals surface area contributed by atoms with E-state index in [9.17, 15) is 9.59 Å². The summed E-state index contributed by atoms with van der Waals surface area (Å²) in [6.45, 7) is 7.29. The summed E-state index contributed by atoms with van der Waals surface area (Å²) in [4.78, 5) is 25.9. The standard InChI is InChI=1S/C14H26N2O2/c1-4-6-7-8-10-16-11-9-12(17)15-14(3,5-2)13(16)18/h4-11H2,1-3H3,(H,15,17). The topological polar surface area (TPSA) is 49.4 Å². The molecule has 1 atom stereocenters. The van der Waals surface area contributed by atoms with E-state index in [1.807, 2.05) is 18.7 Å². The van der Waals surface area contributed by atoms with Gasteiger partial charge in [-0.3, -0.25) is 9.59 Å². The van der Waals surface area contributed by atoms with Gasteiger partial charge >= 0.3 is 0 Å². The summed E-state index contributed by atoms with van der Waals surface area (Å²) in [6, 6.07) is 0. The Morgan fingerprint density at radius 2 is 1.94 bits per heavy atom. The van der Waals surface area contributed by atoms with Crippen molar-refractivity contribution in [2.24, 2.45) is 0 Å². The molecule has 0 bridgehead atoms. The van der Waals surface area contributed by atoms with Crippen molar-refractivity contribution in [3.8, 4) is 0 Å². The average molecular weight is 254 g/mol. The number of amides is 2. The summed E-state index contributed by atoms with van der Waals surface area (Å²) in [7, 11) is 0. The largest absolute Gasteiger partial charge is 0.342 e. The number of hydrogen-bond donors (Lipinski definition) is 1. The van der Waals surface area contributed by atoms with Gasteiger partial charge in [0, 0.05) is 19.5 Å². The zero-order valence-corrected chi connectivity index (χ0v) is 11.9. The van der Waals surface area contributed by atoms with Crippen molar-refractivity contribution in [3.05, 3.63) is 0 Å². The van der Waals surface area contributed by atoms with Crippen LogP contribution in [0, 0.1) is 0 Å². The highest BCUT2D eigenvalue weighted by Crippen LogP contribution is 2.18. The number of nitrogens with zero attached hydrogens (tertiary/aromatic N) is 1. The van der Waals surface area contributed by atoms with Gasteiger partial charge in [0.1, 0.15) is 5.54 Å². The van der Waals surface area contributed by atoms with Crippen LogP contribution in [-0.2, 0) is 9.59 Å². The van der Waals surface area contributed by atoms with Crippen molar-refractivity contribution < 1.29 is 9.59 Å². The number of carbonyl (C=O) groups excluding carboxylic acids is 2. The van der Waals surface area contributed by atoms with E-state index < -0.39 is 5.54 Å². The number of carbonyl (C=O) groups is 2. The molecule has 1 aliphatic rings. The molecule has 0 aromatic heterocycles. The molecule has 2 amide bonds. The van der Waals surface area contributed by atoms with Crippen molar-refractivity contribution >= 4 is 11.8 Å². The molecule has 0 saturated carbocycles. The number of hydrogen-bond acceptors (Lipinski definition) is 2. The normalized spacial score (nSPS) is 24.9. The lowest BCUT2D eigenvalue weighted by Gasteiger charge is -2.31. The Morgan fingerprint density at radius 3 is 2.56 bits per heavy atom. The van der Waals surface area contributed by atoms with Gasteiger partial charge in [-0.1, -0.05) is 33.1 Å². The second-order valence-corrected chi connectivity index (χ2v) is 5.34. The van der Waals surface area contributed by atoms with Crippen LogP contribution in [0.2, 0.25) is 0 Å². The van der Waals surface area contributed by atoms with E-state index in [2.05, 4.69) is 12.2 Å². The van der Waals surface area contributed by atoms with E-state index in [0.717, 1.165) is 19.4 Å². The second kappa shape index (κ2) is 6.76. The second-order valence-electron chi connectivity index (χ2n) is 5.34. The van der Waals surface area contributed by atoms with Crippen LogP contribution in [0.4, 0.5) is 0 Å². The van der Waals surface area contributed by atoms with E-state index in [1.165, 1.54) is 12.8 Å². The third kappa shape index (κ3) is 3.72. The molecule has 1 heterocycles. The highest BCUT2D eigenvalue weighted by atomic mass is 16.2. The molecular formula is C14H26N2O2. The summed E-state index contributed by atoms with van der Waals surface area (Å²) < 4.78 is 0. The van der Waals surface area contributed by atoms with Gasteiger partial charge in [-0.25, -0.2) is 0 Å². The maximum Gasteiger partial charge on any atom is 0.248 e. The lowest BCUT2D eigenvalue weighted by molar-refractivity contribution is -0.138. The van der Waals surface area contributed by atoms with Gasteiger partial charge in [0.2, 0.25) is 11.8 Å². The van der Waals surface area contributed by atoms with Crippen molar-refractivity contribution in [1.29, 1.82) is 0 Å². The van der Waals surface area contributed by atoms with Crippen molar-refractivity contribution in [2.45, 2.75) is 64.8 Å². The molecule has 1 rings (SSSR count). The molecule has 1 aliphatic heterocycles. The van der Waals surface area contributed by atoms with Gasteiger partial charge in [-0.15, -0.1) is 0 Å². The van der Waals surface area contributed by atoms with E-state index in [0.29, 0.717) is 19.4 Å². The van der Waals surface area contributed by atoms with E-state index in [1.54, 1.807) is 0 Å². The van der Waals surface area contributed by atoms with E-state index >= 15 is 0 Å². The lowest BCUT2D eigenvalue weighted by Crippen LogP contribution is -2.54. The van der Waals surface area contributed by atoms with Crippen LogP contribution in [0.15, 0.2) is 0 Å². The molecule has 4 heteroatoms. The molecule has 1 unspecified atom stereocenters. The van der Waals surface area contributed by atoms with Crippen LogP contribution in [0.5, 0.6) is 0 Å². The first kappa shape index (κ1) is 15.0. The molecule has 0 aromatic carbocycles. The SMILES string of the molecule is CCCCCCN1CCC(=O)NC(C)(CC)C1=O.